The van der Waals surface area contributed by atoms with E-state index in [1.165, 1.54) is 18.4 Å². The summed E-state index contributed by atoms with van der Waals surface area (Å²) in [6.45, 7) is 0. The Morgan fingerprint density at radius 2 is 2.17 bits per heavy atom. The summed E-state index contributed by atoms with van der Waals surface area (Å²) in [6.07, 6.45) is 12.2. The third-order valence-corrected chi connectivity index (χ3v) is 6.33. The van der Waals surface area contributed by atoms with Gasteiger partial charge in [-0.3, -0.25) is 5.32 Å². The van der Waals surface area contributed by atoms with Crippen LogP contribution >= 0.6 is 0 Å². The molecule has 0 aliphatic heterocycles. The van der Waals surface area contributed by atoms with Crippen LogP contribution in [0, 0.1) is 5.92 Å². The molecule has 2 bridgehead atoms. The number of nitrogens with one attached hydrogen (secondary N) is 2. The van der Waals surface area contributed by atoms with Gasteiger partial charge in [0.15, 0.2) is 0 Å². The fourth-order valence-electron chi connectivity index (χ4n) is 5.09. The monoisotopic (exact) mass is 323 g/mol. The van der Waals surface area contributed by atoms with Crippen molar-refractivity contribution in [3.8, 4) is 0 Å². The highest BCUT2D eigenvalue weighted by Gasteiger charge is 2.69. The molecule has 6 heteroatoms. The largest absolute Gasteiger partial charge is 0.379 e. The maximum atomic E-state index is 10.2. The Labute approximate surface area is 139 Å². The minimum Gasteiger partial charge on any atom is -0.379 e. The number of hydrogen-bond donors (Lipinski definition) is 3. The SMILES string of the molecule is OC(CC1CC1)NC12CC(n3cnc4cnc5[nH]ccc5c43)(C1)C2. The van der Waals surface area contributed by atoms with Gasteiger partial charge in [0.1, 0.15) is 17.4 Å². The van der Waals surface area contributed by atoms with Crippen LogP contribution in [0.1, 0.15) is 38.5 Å². The minimum atomic E-state index is -0.337. The molecule has 0 radical (unpaired) electrons. The number of pyridine rings is 1. The van der Waals surface area contributed by atoms with Gasteiger partial charge in [0, 0.05) is 17.1 Å². The van der Waals surface area contributed by atoms with Gasteiger partial charge in [-0.05, 0) is 37.7 Å². The van der Waals surface area contributed by atoms with Crippen LogP contribution in [-0.4, -0.2) is 36.4 Å². The lowest BCUT2D eigenvalue weighted by Gasteiger charge is -2.71. The standard InChI is InChI=1S/C18H21N5O/c24-14(5-11-1-2-11)22-17-7-18(8-17,9-17)23-10-21-13-6-20-16-12(15(13)23)3-4-19-16/h3-4,6,10-11,14,22,24H,1-2,5,7-9H2,(H,19,20). The van der Waals surface area contributed by atoms with Gasteiger partial charge in [-0.15, -0.1) is 0 Å². The number of imidazole rings is 1. The van der Waals surface area contributed by atoms with Crippen molar-refractivity contribution in [2.45, 2.75) is 55.8 Å². The Morgan fingerprint density at radius 3 is 2.96 bits per heavy atom. The van der Waals surface area contributed by atoms with Crippen LogP contribution < -0.4 is 5.32 Å². The van der Waals surface area contributed by atoms with E-state index in [0.717, 1.165) is 48.2 Å². The van der Waals surface area contributed by atoms with Crippen LogP contribution in [0.5, 0.6) is 0 Å². The summed E-state index contributed by atoms with van der Waals surface area (Å²) in [6, 6.07) is 2.09. The molecule has 0 amide bonds. The zero-order valence-corrected chi connectivity index (χ0v) is 13.5. The maximum Gasteiger partial charge on any atom is 0.139 e. The van der Waals surface area contributed by atoms with Crippen LogP contribution in [0.25, 0.3) is 22.1 Å². The van der Waals surface area contributed by atoms with E-state index in [4.69, 9.17) is 0 Å². The zero-order chi connectivity index (χ0) is 15.9. The number of hydrogen-bond acceptors (Lipinski definition) is 4. The van der Waals surface area contributed by atoms with Crippen molar-refractivity contribution in [3.63, 3.8) is 0 Å². The van der Waals surface area contributed by atoms with Crippen molar-refractivity contribution >= 4 is 22.1 Å². The lowest BCUT2D eigenvalue weighted by atomic mass is 9.44. The molecule has 4 aliphatic rings. The molecule has 3 aromatic rings. The van der Waals surface area contributed by atoms with Crippen molar-refractivity contribution in [1.82, 2.24) is 24.8 Å². The van der Waals surface area contributed by atoms with Crippen molar-refractivity contribution in [2.75, 3.05) is 0 Å². The molecule has 0 aromatic carbocycles. The predicted molar refractivity (Wildman–Crippen MR) is 90.4 cm³/mol. The van der Waals surface area contributed by atoms with E-state index in [9.17, 15) is 5.11 Å². The normalized spacial score (nSPS) is 32.7. The molecule has 4 fully saturated rings. The summed E-state index contributed by atoms with van der Waals surface area (Å²) in [5.41, 5.74) is 3.39. The Hall–Kier alpha value is -1.92. The topological polar surface area (TPSA) is 78.8 Å². The first-order chi connectivity index (χ1) is 11.7. The summed E-state index contributed by atoms with van der Waals surface area (Å²) in [7, 11) is 0. The third-order valence-electron chi connectivity index (χ3n) is 6.33. The molecule has 4 saturated carbocycles. The van der Waals surface area contributed by atoms with Crippen molar-refractivity contribution in [3.05, 3.63) is 24.8 Å². The number of rotatable bonds is 5. The smallest absolute Gasteiger partial charge is 0.139 e. The molecule has 6 nitrogen and oxygen atoms in total. The molecule has 24 heavy (non-hydrogen) atoms. The Kier molecular flexibility index (Phi) is 2.33. The molecule has 3 heterocycles. The van der Waals surface area contributed by atoms with E-state index in [1.54, 1.807) is 0 Å². The number of aromatic nitrogens is 4. The lowest BCUT2D eigenvalue weighted by Crippen LogP contribution is -2.79. The fraction of sp³-hybridized carbons (Fsp3) is 0.556. The van der Waals surface area contributed by atoms with E-state index < -0.39 is 0 Å². The molecule has 3 N–H and O–H groups in total. The number of aromatic amines is 1. The molecular formula is C18H21N5O. The van der Waals surface area contributed by atoms with Crippen LogP contribution in [-0.2, 0) is 5.54 Å². The van der Waals surface area contributed by atoms with Gasteiger partial charge in [-0.1, -0.05) is 12.8 Å². The van der Waals surface area contributed by atoms with Gasteiger partial charge in [-0.2, -0.15) is 0 Å². The quantitative estimate of drug-likeness (QED) is 0.629. The third kappa shape index (κ3) is 1.67. The molecule has 3 aromatic heterocycles. The highest BCUT2D eigenvalue weighted by molar-refractivity contribution is 6.01. The first-order valence-electron chi connectivity index (χ1n) is 8.92. The number of nitrogens with zero attached hydrogens (tertiary/aromatic N) is 3. The van der Waals surface area contributed by atoms with Crippen molar-refractivity contribution in [1.29, 1.82) is 0 Å². The summed E-state index contributed by atoms with van der Waals surface area (Å²) in [5, 5.41) is 14.9. The van der Waals surface area contributed by atoms with E-state index in [-0.39, 0.29) is 17.3 Å². The molecular weight excluding hydrogens is 302 g/mol. The first kappa shape index (κ1) is 13.4. The molecule has 0 spiro atoms. The van der Waals surface area contributed by atoms with E-state index in [1.807, 2.05) is 18.7 Å². The summed E-state index contributed by atoms with van der Waals surface area (Å²) in [4.78, 5) is 12.2. The van der Waals surface area contributed by atoms with Crippen LogP contribution in [0.3, 0.4) is 0 Å². The second-order valence-corrected chi connectivity index (χ2v) is 8.22. The maximum absolute atomic E-state index is 10.2. The summed E-state index contributed by atoms with van der Waals surface area (Å²) < 4.78 is 2.36. The molecule has 124 valence electrons. The summed E-state index contributed by atoms with van der Waals surface area (Å²) in [5.74, 6) is 0.751. The molecule has 1 unspecified atom stereocenters. The Balaban J connectivity index is 1.29. The molecule has 7 rings (SSSR count). The molecule has 4 aliphatic carbocycles. The Bertz CT molecular complexity index is 933. The second kappa shape index (κ2) is 4.18. The Morgan fingerprint density at radius 1 is 1.33 bits per heavy atom. The first-order valence-corrected chi connectivity index (χ1v) is 8.92. The van der Waals surface area contributed by atoms with Gasteiger partial charge < -0.3 is 14.7 Å². The van der Waals surface area contributed by atoms with Crippen molar-refractivity contribution < 1.29 is 5.11 Å². The van der Waals surface area contributed by atoms with E-state index in [2.05, 4.69) is 30.9 Å². The fourth-order valence-corrected chi connectivity index (χ4v) is 5.09. The van der Waals surface area contributed by atoms with Crippen LogP contribution in [0.2, 0.25) is 0 Å². The lowest BCUT2D eigenvalue weighted by molar-refractivity contribution is -0.157. The number of H-pyrrole nitrogens is 1. The highest BCUT2D eigenvalue weighted by Crippen LogP contribution is 2.66. The van der Waals surface area contributed by atoms with E-state index >= 15 is 0 Å². The van der Waals surface area contributed by atoms with Crippen LogP contribution in [0.4, 0.5) is 0 Å². The zero-order valence-electron chi connectivity index (χ0n) is 13.5. The van der Waals surface area contributed by atoms with Crippen LogP contribution in [0.15, 0.2) is 24.8 Å². The summed E-state index contributed by atoms with van der Waals surface area (Å²) >= 11 is 0. The minimum absolute atomic E-state index is 0.148. The molecule has 1 atom stereocenters. The average molecular weight is 323 g/mol. The van der Waals surface area contributed by atoms with Gasteiger partial charge in [0.05, 0.1) is 23.6 Å². The van der Waals surface area contributed by atoms with Gasteiger partial charge in [-0.25, -0.2) is 9.97 Å². The van der Waals surface area contributed by atoms with Gasteiger partial charge >= 0.3 is 0 Å². The van der Waals surface area contributed by atoms with Gasteiger partial charge in [0.2, 0.25) is 0 Å². The average Bonchev–Trinajstić information content (AvgIpc) is 3.01. The molecule has 0 saturated heterocycles. The number of fused-ring (bicyclic) bond motifs is 3. The predicted octanol–water partition coefficient (Wildman–Crippen LogP) is 2.25. The van der Waals surface area contributed by atoms with Gasteiger partial charge in [0.25, 0.3) is 0 Å². The van der Waals surface area contributed by atoms with E-state index in [0.29, 0.717) is 0 Å². The highest BCUT2D eigenvalue weighted by atomic mass is 16.3. The van der Waals surface area contributed by atoms with Crippen molar-refractivity contribution in [2.24, 2.45) is 5.92 Å². The second-order valence-electron chi connectivity index (χ2n) is 8.22. The number of aliphatic hydroxyl groups excluding tert-OH is 1. The number of aliphatic hydroxyl groups is 1.